The van der Waals surface area contributed by atoms with Crippen molar-refractivity contribution >= 4 is 26.7 Å². The summed E-state index contributed by atoms with van der Waals surface area (Å²) in [5.41, 5.74) is 2.03. The average molecular weight is 468 g/mol. The number of sulfone groups is 1. The third-order valence-corrected chi connectivity index (χ3v) is 7.81. The standard InChI is InChI=1S/C25H22FNO5S/c1-16-21-4-2-3-5-23(21)32-24(16)25(28)27(19-12-13-33(29,30)15-19)14-20-10-11-22(31-20)17-6-8-18(26)9-7-17/h2-11,19H,12-15H2,1H3. The average Bonchev–Trinajstić information content (AvgIpc) is 3.50. The first kappa shape index (κ1) is 21.5. The van der Waals surface area contributed by atoms with Crippen molar-refractivity contribution in [1.29, 1.82) is 0 Å². The van der Waals surface area contributed by atoms with Gasteiger partial charge in [0.15, 0.2) is 15.6 Å². The Labute approximate surface area is 190 Å². The van der Waals surface area contributed by atoms with Crippen LogP contribution in [0.15, 0.2) is 69.5 Å². The number of amides is 1. The fourth-order valence-corrected chi connectivity index (χ4v) is 6.03. The molecular formula is C25H22FNO5S. The molecule has 2 aromatic carbocycles. The summed E-state index contributed by atoms with van der Waals surface area (Å²) < 4.78 is 49.4. The normalized spacial score (nSPS) is 17.5. The lowest BCUT2D eigenvalue weighted by molar-refractivity contribution is 0.0635. The molecule has 0 spiro atoms. The summed E-state index contributed by atoms with van der Waals surface area (Å²) in [6, 6.07) is 16.3. The molecule has 6 nitrogen and oxygen atoms in total. The fourth-order valence-electron chi connectivity index (χ4n) is 4.30. The van der Waals surface area contributed by atoms with Crippen molar-refractivity contribution in [2.45, 2.75) is 25.9 Å². The van der Waals surface area contributed by atoms with E-state index in [0.29, 0.717) is 34.7 Å². The molecule has 1 atom stereocenters. The number of nitrogens with zero attached hydrogens (tertiary/aromatic N) is 1. The summed E-state index contributed by atoms with van der Waals surface area (Å²) in [5, 5.41) is 0.844. The van der Waals surface area contributed by atoms with Crippen LogP contribution in [0.2, 0.25) is 0 Å². The number of halogens is 1. The lowest BCUT2D eigenvalue weighted by Crippen LogP contribution is -2.40. The summed E-state index contributed by atoms with van der Waals surface area (Å²) in [6.45, 7) is 1.92. The zero-order valence-electron chi connectivity index (χ0n) is 18.0. The van der Waals surface area contributed by atoms with E-state index in [2.05, 4.69) is 0 Å². The Morgan fingerprint density at radius 1 is 1.06 bits per heavy atom. The fraction of sp³-hybridized carbons (Fsp3) is 0.240. The van der Waals surface area contributed by atoms with E-state index in [0.717, 1.165) is 5.39 Å². The monoisotopic (exact) mass is 467 g/mol. The van der Waals surface area contributed by atoms with Crippen LogP contribution in [0.1, 0.15) is 28.3 Å². The Morgan fingerprint density at radius 2 is 1.82 bits per heavy atom. The number of carbonyl (C=O) groups is 1. The number of benzene rings is 2. The Bertz CT molecular complexity index is 1440. The topological polar surface area (TPSA) is 80.7 Å². The Kier molecular flexibility index (Phi) is 5.32. The molecule has 1 amide bonds. The molecule has 1 aliphatic heterocycles. The molecule has 33 heavy (non-hydrogen) atoms. The van der Waals surface area contributed by atoms with E-state index in [1.54, 1.807) is 30.3 Å². The van der Waals surface area contributed by atoms with E-state index >= 15 is 0 Å². The largest absolute Gasteiger partial charge is 0.459 e. The Morgan fingerprint density at radius 3 is 2.52 bits per heavy atom. The second-order valence-corrected chi connectivity index (χ2v) is 10.5. The van der Waals surface area contributed by atoms with Crippen LogP contribution in [-0.2, 0) is 16.4 Å². The van der Waals surface area contributed by atoms with Crippen LogP contribution in [-0.4, -0.2) is 36.8 Å². The van der Waals surface area contributed by atoms with Gasteiger partial charge in [-0.1, -0.05) is 18.2 Å². The number of rotatable bonds is 5. The molecule has 5 rings (SSSR count). The highest BCUT2D eigenvalue weighted by molar-refractivity contribution is 7.91. The molecule has 170 valence electrons. The predicted octanol–water partition coefficient (Wildman–Crippen LogP) is 4.97. The quantitative estimate of drug-likeness (QED) is 0.414. The number of hydrogen-bond acceptors (Lipinski definition) is 5. The molecule has 0 bridgehead atoms. The number of fused-ring (bicyclic) bond motifs is 1. The second-order valence-electron chi connectivity index (χ2n) is 8.32. The predicted molar refractivity (Wildman–Crippen MR) is 122 cm³/mol. The van der Waals surface area contributed by atoms with Gasteiger partial charge in [-0.05, 0) is 55.8 Å². The summed E-state index contributed by atoms with van der Waals surface area (Å²) in [7, 11) is -3.22. The molecule has 1 aliphatic rings. The van der Waals surface area contributed by atoms with Crippen molar-refractivity contribution in [3.05, 3.63) is 83.6 Å². The molecule has 1 saturated heterocycles. The van der Waals surface area contributed by atoms with Crippen LogP contribution in [0, 0.1) is 12.7 Å². The summed E-state index contributed by atoms with van der Waals surface area (Å²) >= 11 is 0. The Hall–Kier alpha value is -3.39. The van der Waals surface area contributed by atoms with Gasteiger partial charge in [-0.25, -0.2) is 12.8 Å². The molecule has 1 unspecified atom stereocenters. The minimum atomic E-state index is -3.22. The first-order valence-electron chi connectivity index (χ1n) is 10.6. The Balaban J connectivity index is 1.48. The lowest BCUT2D eigenvalue weighted by atomic mass is 10.1. The van der Waals surface area contributed by atoms with Crippen molar-refractivity contribution in [3.8, 4) is 11.3 Å². The maximum absolute atomic E-state index is 13.6. The minimum absolute atomic E-state index is 0.0412. The summed E-state index contributed by atoms with van der Waals surface area (Å²) in [6.07, 6.45) is 0.360. The van der Waals surface area contributed by atoms with Crippen molar-refractivity contribution in [3.63, 3.8) is 0 Å². The maximum atomic E-state index is 13.6. The van der Waals surface area contributed by atoms with E-state index < -0.39 is 15.9 Å². The zero-order valence-corrected chi connectivity index (χ0v) is 18.8. The first-order valence-corrected chi connectivity index (χ1v) is 12.5. The van der Waals surface area contributed by atoms with Gasteiger partial charge >= 0.3 is 0 Å². The molecule has 4 aromatic rings. The van der Waals surface area contributed by atoms with E-state index in [-0.39, 0.29) is 35.5 Å². The van der Waals surface area contributed by atoms with Gasteiger partial charge in [0.05, 0.1) is 18.1 Å². The van der Waals surface area contributed by atoms with Gasteiger partial charge < -0.3 is 13.7 Å². The number of furan rings is 2. The highest BCUT2D eigenvalue weighted by Gasteiger charge is 2.37. The van der Waals surface area contributed by atoms with Gasteiger partial charge in [-0.2, -0.15) is 0 Å². The van der Waals surface area contributed by atoms with Gasteiger partial charge in [0, 0.05) is 22.6 Å². The molecule has 3 heterocycles. The van der Waals surface area contributed by atoms with Crippen LogP contribution in [0.3, 0.4) is 0 Å². The van der Waals surface area contributed by atoms with Gasteiger partial charge in [0.1, 0.15) is 22.9 Å². The van der Waals surface area contributed by atoms with Gasteiger partial charge in [-0.3, -0.25) is 4.79 Å². The second kappa shape index (κ2) is 8.19. The number of hydrogen-bond donors (Lipinski definition) is 0. The molecular weight excluding hydrogens is 445 g/mol. The van der Waals surface area contributed by atoms with Gasteiger partial charge in [0.25, 0.3) is 5.91 Å². The summed E-state index contributed by atoms with van der Waals surface area (Å²) in [4.78, 5) is 15.1. The number of aryl methyl sites for hydroxylation is 1. The third kappa shape index (κ3) is 4.18. The lowest BCUT2D eigenvalue weighted by Gasteiger charge is -2.26. The SMILES string of the molecule is Cc1c(C(=O)N(Cc2ccc(-c3ccc(F)cc3)o2)C2CCS(=O)(=O)C2)oc2ccccc12. The van der Waals surface area contributed by atoms with Crippen LogP contribution in [0.4, 0.5) is 4.39 Å². The third-order valence-electron chi connectivity index (χ3n) is 6.06. The van der Waals surface area contributed by atoms with E-state index in [1.807, 2.05) is 25.1 Å². The van der Waals surface area contributed by atoms with E-state index in [4.69, 9.17) is 8.83 Å². The first-order chi connectivity index (χ1) is 15.8. The van der Waals surface area contributed by atoms with Crippen molar-refractivity contribution in [2.75, 3.05) is 11.5 Å². The van der Waals surface area contributed by atoms with Crippen LogP contribution < -0.4 is 0 Å². The molecule has 0 N–H and O–H groups in total. The molecule has 1 fully saturated rings. The van der Waals surface area contributed by atoms with E-state index in [9.17, 15) is 17.6 Å². The maximum Gasteiger partial charge on any atom is 0.290 e. The van der Waals surface area contributed by atoms with Gasteiger partial charge in [0.2, 0.25) is 0 Å². The highest BCUT2D eigenvalue weighted by Crippen LogP contribution is 2.30. The van der Waals surface area contributed by atoms with E-state index in [1.165, 1.54) is 17.0 Å². The van der Waals surface area contributed by atoms with Crippen molar-refractivity contribution in [2.24, 2.45) is 0 Å². The molecule has 0 radical (unpaired) electrons. The smallest absolute Gasteiger partial charge is 0.290 e. The van der Waals surface area contributed by atoms with Crippen LogP contribution >= 0.6 is 0 Å². The number of para-hydroxylation sites is 1. The van der Waals surface area contributed by atoms with Crippen molar-refractivity contribution in [1.82, 2.24) is 4.90 Å². The van der Waals surface area contributed by atoms with Gasteiger partial charge in [-0.15, -0.1) is 0 Å². The van der Waals surface area contributed by atoms with Crippen LogP contribution in [0.25, 0.3) is 22.3 Å². The molecule has 2 aromatic heterocycles. The molecule has 0 aliphatic carbocycles. The highest BCUT2D eigenvalue weighted by atomic mass is 32.2. The summed E-state index contributed by atoms with van der Waals surface area (Å²) in [5.74, 6) is 0.475. The molecule has 0 saturated carbocycles. The van der Waals surface area contributed by atoms with Crippen molar-refractivity contribution < 1.29 is 26.4 Å². The minimum Gasteiger partial charge on any atom is -0.459 e. The zero-order chi connectivity index (χ0) is 23.2. The van der Waals surface area contributed by atoms with Crippen LogP contribution in [0.5, 0.6) is 0 Å². The molecule has 8 heteroatoms. The number of carbonyl (C=O) groups excluding carboxylic acids is 1.